The minimum absolute atomic E-state index is 0. The summed E-state index contributed by atoms with van der Waals surface area (Å²) in [6.45, 7) is 1.66. The van der Waals surface area contributed by atoms with Crippen LogP contribution in [0.1, 0.15) is 6.92 Å². The molecule has 0 aromatic carbocycles. The maximum Gasteiger partial charge on any atom is 0.327 e. The Morgan fingerprint density at radius 3 is 2.14 bits per heavy atom. The van der Waals surface area contributed by atoms with Crippen molar-refractivity contribution in [3.63, 3.8) is 0 Å². The zero-order valence-corrected chi connectivity index (χ0v) is 4.01. The van der Waals surface area contributed by atoms with E-state index in [1.807, 2.05) is 0 Å². The van der Waals surface area contributed by atoms with Gasteiger partial charge in [-0.2, -0.15) is 0 Å². The lowest BCUT2D eigenvalue weighted by atomic mass is 10.5. The van der Waals surface area contributed by atoms with Crippen LogP contribution in [0.3, 0.4) is 0 Å². The van der Waals surface area contributed by atoms with E-state index in [0.29, 0.717) is 0 Å². The van der Waals surface area contributed by atoms with E-state index in [1.165, 1.54) is 6.08 Å². The molecule has 0 aliphatic rings. The van der Waals surface area contributed by atoms with Crippen LogP contribution in [0.5, 0.6) is 0 Å². The summed E-state index contributed by atoms with van der Waals surface area (Å²) in [7, 11) is 0. The number of hydrogen-bond acceptors (Lipinski definition) is 1. The van der Waals surface area contributed by atoms with Crippen molar-refractivity contribution in [1.82, 2.24) is 0 Å². The second-order valence-electron chi connectivity index (χ2n) is 0.838. The smallest absolute Gasteiger partial charge is 0.327 e. The first-order valence-corrected chi connectivity index (χ1v) is 1.63. The molecule has 0 aliphatic carbocycles. The fourth-order valence-electron chi connectivity index (χ4n) is 0.143. The van der Waals surface area contributed by atoms with Gasteiger partial charge < -0.3 is 10.6 Å². The first-order valence-electron chi connectivity index (χ1n) is 1.63. The van der Waals surface area contributed by atoms with E-state index >= 15 is 0 Å². The van der Waals surface area contributed by atoms with Gasteiger partial charge in [0.05, 0.1) is 0 Å². The zero-order chi connectivity index (χ0) is 4.99. The van der Waals surface area contributed by atoms with Crippen molar-refractivity contribution >= 4 is 5.97 Å². The number of allylic oxidation sites excluding steroid dienone is 1. The average molecular weight is 104 g/mol. The van der Waals surface area contributed by atoms with Crippen LogP contribution in [0.15, 0.2) is 12.2 Å². The SMILES string of the molecule is C/C=C/C(=O)O.O. The first kappa shape index (κ1) is 9.48. The monoisotopic (exact) mass is 104 g/mol. The summed E-state index contributed by atoms with van der Waals surface area (Å²) in [6.07, 6.45) is 2.56. The minimum Gasteiger partial charge on any atom is -0.478 e. The van der Waals surface area contributed by atoms with Crippen molar-refractivity contribution in [2.75, 3.05) is 0 Å². The van der Waals surface area contributed by atoms with Gasteiger partial charge in [0.2, 0.25) is 0 Å². The summed E-state index contributed by atoms with van der Waals surface area (Å²) in [5, 5.41) is 7.83. The molecular formula is C4H8O3. The second-order valence-corrected chi connectivity index (χ2v) is 0.838. The number of aliphatic carboxylic acids is 1. The van der Waals surface area contributed by atoms with Gasteiger partial charge in [-0.05, 0) is 6.92 Å². The van der Waals surface area contributed by atoms with Crippen molar-refractivity contribution in [3.05, 3.63) is 12.2 Å². The van der Waals surface area contributed by atoms with Crippen LogP contribution in [0.4, 0.5) is 0 Å². The van der Waals surface area contributed by atoms with Gasteiger partial charge in [-0.15, -0.1) is 0 Å². The lowest BCUT2D eigenvalue weighted by Crippen LogP contribution is -1.83. The van der Waals surface area contributed by atoms with E-state index in [1.54, 1.807) is 6.92 Å². The zero-order valence-electron chi connectivity index (χ0n) is 4.01. The summed E-state index contributed by atoms with van der Waals surface area (Å²) in [6, 6.07) is 0. The molecule has 0 saturated carbocycles. The van der Waals surface area contributed by atoms with Crippen LogP contribution in [0.25, 0.3) is 0 Å². The molecule has 42 valence electrons. The van der Waals surface area contributed by atoms with Gasteiger partial charge >= 0.3 is 5.97 Å². The number of rotatable bonds is 1. The Labute approximate surface area is 41.6 Å². The van der Waals surface area contributed by atoms with Crippen LogP contribution in [-0.4, -0.2) is 16.6 Å². The molecule has 0 fully saturated rings. The highest BCUT2D eigenvalue weighted by atomic mass is 16.4. The molecule has 3 heteroatoms. The fraction of sp³-hybridized carbons (Fsp3) is 0.250. The standard InChI is InChI=1S/C4H6O2.H2O/c1-2-3-4(5)6;/h2-3H,1H3,(H,5,6);1H2/b3-2+;. The summed E-state index contributed by atoms with van der Waals surface area (Å²) in [5.41, 5.74) is 0. The normalized spacial score (nSPS) is 8.14. The van der Waals surface area contributed by atoms with Crippen LogP contribution >= 0.6 is 0 Å². The summed E-state index contributed by atoms with van der Waals surface area (Å²) in [5.74, 6) is -0.891. The molecule has 0 spiro atoms. The third-order valence-corrected chi connectivity index (χ3v) is 0.309. The molecule has 0 amide bonds. The van der Waals surface area contributed by atoms with E-state index in [9.17, 15) is 4.79 Å². The topological polar surface area (TPSA) is 68.8 Å². The molecule has 0 bridgehead atoms. The van der Waals surface area contributed by atoms with Crippen LogP contribution in [0, 0.1) is 0 Å². The molecule has 0 rings (SSSR count). The second kappa shape index (κ2) is 5.17. The van der Waals surface area contributed by atoms with Gasteiger partial charge in [0, 0.05) is 6.08 Å². The van der Waals surface area contributed by atoms with Gasteiger partial charge in [0.25, 0.3) is 0 Å². The van der Waals surface area contributed by atoms with Crippen molar-refractivity contribution in [2.24, 2.45) is 0 Å². The lowest BCUT2D eigenvalue weighted by molar-refractivity contribution is -0.131. The molecule has 0 saturated heterocycles. The van der Waals surface area contributed by atoms with Gasteiger partial charge in [-0.1, -0.05) is 6.08 Å². The van der Waals surface area contributed by atoms with Crippen molar-refractivity contribution in [2.45, 2.75) is 6.92 Å². The van der Waals surface area contributed by atoms with Crippen molar-refractivity contribution in [3.8, 4) is 0 Å². The average Bonchev–Trinajstić information content (AvgIpc) is 1.35. The highest BCUT2D eigenvalue weighted by molar-refractivity contribution is 5.79. The van der Waals surface area contributed by atoms with Crippen LogP contribution < -0.4 is 0 Å². The Morgan fingerprint density at radius 2 is 2.14 bits per heavy atom. The molecule has 0 aromatic heterocycles. The molecule has 0 atom stereocenters. The molecule has 0 aliphatic heterocycles. The molecule has 0 aromatic rings. The third kappa shape index (κ3) is 11.0. The van der Waals surface area contributed by atoms with E-state index in [4.69, 9.17) is 5.11 Å². The highest BCUT2D eigenvalue weighted by Gasteiger charge is 1.76. The minimum atomic E-state index is -0.891. The van der Waals surface area contributed by atoms with E-state index in [2.05, 4.69) is 0 Å². The predicted octanol–water partition coefficient (Wildman–Crippen LogP) is -0.178. The predicted molar refractivity (Wildman–Crippen MR) is 26.1 cm³/mol. The van der Waals surface area contributed by atoms with Gasteiger partial charge in [0.15, 0.2) is 0 Å². The first-order chi connectivity index (χ1) is 2.77. The van der Waals surface area contributed by atoms with Crippen molar-refractivity contribution < 1.29 is 15.4 Å². The quantitative estimate of drug-likeness (QED) is 0.469. The molecule has 3 N–H and O–H groups in total. The van der Waals surface area contributed by atoms with Gasteiger partial charge in [0.1, 0.15) is 0 Å². The Bertz CT molecular complexity index is 75.0. The Balaban J connectivity index is 0. The Hall–Kier alpha value is -0.830. The number of carboxylic acids is 1. The molecular weight excluding hydrogens is 96.0 g/mol. The van der Waals surface area contributed by atoms with E-state index in [0.717, 1.165) is 6.08 Å². The molecule has 3 nitrogen and oxygen atoms in total. The van der Waals surface area contributed by atoms with Crippen LogP contribution in [0.2, 0.25) is 0 Å². The molecule has 7 heavy (non-hydrogen) atoms. The number of carboxylic acid groups (broad SMARTS) is 1. The number of carbonyl (C=O) groups is 1. The molecule has 0 unspecified atom stereocenters. The largest absolute Gasteiger partial charge is 0.478 e. The summed E-state index contributed by atoms with van der Waals surface area (Å²) < 4.78 is 0. The fourth-order valence-corrected chi connectivity index (χ4v) is 0.143. The van der Waals surface area contributed by atoms with E-state index in [-0.39, 0.29) is 5.48 Å². The molecule has 0 heterocycles. The Morgan fingerprint density at radius 1 is 1.71 bits per heavy atom. The maximum atomic E-state index is 9.51. The summed E-state index contributed by atoms with van der Waals surface area (Å²) >= 11 is 0. The van der Waals surface area contributed by atoms with Gasteiger partial charge in [-0.3, -0.25) is 0 Å². The molecule has 0 radical (unpaired) electrons. The number of hydrogen-bond donors (Lipinski definition) is 1. The maximum absolute atomic E-state index is 9.51. The van der Waals surface area contributed by atoms with Crippen molar-refractivity contribution in [1.29, 1.82) is 0 Å². The summed E-state index contributed by atoms with van der Waals surface area (Å²) in [4.78, 5) is 9.51. The lowest BCUT2D eigenvalue weighted by Gasteiger charge is -1.68. The van der Waals surface area contributed by atoms with E-state index < -0.39 is 5.97 Å². The van der Waals surface area contributed by atoms with Gasteiger partial charge in [-0.25, -0.2) is 4.79 Å². The third-order valence-electron chi connectivity index (χ3n) is 0.309. The highest BCUT2D eigenvalue weighted by Crippen LogP contribution is 1.65. The Kier molecular flexibility index (Phi) is 7.00. The van der Waals surface area contributed by atoms with Crippen LogP contribution in [-0.2, 0) is 4.79 Å².